The van der Waals surface area contributed by atoms with Gasteiger partial charge in [-0.15, -0.1) is 0 Å². The highest BCUT2D eigenvalue weighted by Crippen LogP contribution is 2.27. The summed E-state index contributed by atoms with van der Waals surface area (Å²) in [6, 6.07) is 8.90. The molecule has 98 valence electrons. The third-order valence-electron chi connectivity index (χ3n) is 2.40. The number of hydrogen-bond donors (Lipinski definition) is 3. The highest BCUT2D eigenvalue weighted by Gasteiger charge is 2.13. The van der Waals surface area contributed by atoms with Gasteiger partial charge < -0.3 is 15.5 Å². The van der Waals surface area contributed by atoms with Crippen molar-refractivity contribution in [1.82, 2.24) is 0 Å². The first-order valence-corrected chi connectivity index (χ1v) is 6.71. The summed E-state index contributed by atoms with van der Waals surface area (Å²) < 4.78 is 0.945. The van der Waals surface area contributed by atoms with Crippen LogP contribution in [0.15, 0.2) is 36.4 Å². The summed E-state index contributed by atoms with van der Waals surface area (Å²) in [7, 11) is 0. The number of anilines is 1. The summed E-state index contributed by atoms with van der Waals surface area (Å²) in [5.41, 5.74) is 0.421. The van der Waals surface area contributed by atoms with E-state index in [0.29, 0.717) is 10.7 Å². The lowest BCUT2D eigenvalue weighted by Crippen LogP contribution is -2.12. The normalized spacial score (nSPS) is 10.2. The standard InChI is InChI=1S/C13H9ClINO3/c14-10-5-7(15)1-3-11(10)16-13(19)9-6-8(17)2-4-12(9)18/h1-6,17-18H,(H,16,19). The lowest BCUT2D eigenvalue weighted by atomic mass is 10.1. The van der Waals surface area contributed by atoms with Crippen LogP contribution in [0.3, 0.4) is 0 Å². The molecule has 0 aliphatic heterocycles. The molecule has 19 heavy (non-hydrogen) atoms. The van der Waals surface area contributed by atoms with Gasteiger partial charge >= 0.3 is 0 Å². The molecule has 2 aromatic carbocycles. The van der Waals surface area contributed by atoms with Crippen LogP contribution in [0.2, 0.25) is 5.02 Å². The van der Waals surface area contributed by atoms with Gasteiger partial charge in [0.1, 0.15) is 11.5 Å². The van der Waals surface area contributed by atoms with E-state index in [0.717, 1.165) is 3.57 Å². The quantitative estimate of drug-likeness (QED) is 0.543. The monoisotopic (exact) mass is 389 g/mol. The number of phenols is 2. The van der Waals surface area contributed by atoms with E-state index < -0.39 is 5.91 Å². The molecule has 0 fully saturated rings. The van der Waals surface area contributed by atoms with Crippen molar-refractivity contribution < 1.29 is 15.0 Å². The van der Waals surface area contributed by atoms with Crippen molar-refractivity contribution in [2.75, 3.05) is 5.32 Å². The number of hydrogen-bond acceptors (Lipinski definition) is 3. The zero-order chi connectivity index (χ0) is 14.0. The average molecular weight is 390 g/mol. The molecule has 0 aromatic heterocycles. The van der Waals surface area contributed by atoms with Crippen molar-refractivity contribution in [3.8, 4) is 11.5 Å². The van der Waals surface area contributed by atoms with E-state index >= 15 is 0 Å². The number of benzene rings is 2. The molecule has 0 atom stereocenters. The van der Waals surface area contributed by atoms with Crippen LogP contribution < -0.4 is 5.32 Å². The van der Waals surface area contributed by atoms with Crippen LogP contribution in [-0.2, 0) is 0 Å². The van der Waals surface area contributed by atoms with Crippen LogP contribution >= 0.6 is 34.2 Å². The Labute approximate surface area is 128 Å². The molecule has 0 saturated carbocycles. The van der Waals surface area contributed by atoms with Crippen LogP contribution in [0.4, 0.5) is 5.69 Å². The molecule has 0 radical (unpaired) electrons. The molecular formula is C13H9ClINO3. The van der Waals surface area contributed by atoms with Gasteiger partial charge in [0.15, 0.2) is 0 Å². The maximum atomic E-state index is 12.0. The second-order valence-corrected chi connectivity index (χ2v) is 5.43. The van der Waals surface area contributed by atoms with E-state index in [9.17, 15) is 15.0 Å². The Kier molecular flexibility index (Phi) is 4.16. The number of carbonyl (C=O) groups is 1. The molecule has 2 aromatic rings. The number of aromatic hydroxyl groups is 2. The molecule has 6 heteroatoms. The molecule has 2 rings (SSSR count). The molecular weight excluding hydrogens is 381 g/mol. The smallest absolute Gasteiger partial charge is 0.259 e. The molecule has 0 aliphatic rings. The topological polar surface area (TPSA) is 69.6 Å². The molecule has 0 aliphatic carbocycles. The number of rotatable bonds is 2. The van der Waals surface area contributed by atoms with Gasteiger partial charge in [-0.05, 0) is 59.0 Å². The van der Waals surface area contributed by atoms with E-state index in [1.165, 1.54) is 18.2 Å². The molecule has 1 amide bonds. The van der Waals surface area contributed by atoms with Crippen LogP contribution in [0.5, 0.6) is 11.5 Å². The Bertz CT molecular complexity index is 646. The summed E-state index contributed by atoms with van der Waals surface area (Å²) in [4.78, 5) is 12.0. The van der Waals surface area contributed by atoms with Crippen molar-refractivity contribution in [2.24, 2.45) is 0 Å². The van der Waals surface area contributed by atoms with Gasteiger partial charge in [-0.1, -0.05) is 11.6 Å². The minimum absolute atomic E-state index is 0.0189. The van der Waals surface area contributed by atoms with Crippen LogP contribution in [0.1, 0.15) is 10.4 Å². The first-order chi connectivity index (χ1) is 8.97. The van der Waals surface area contributed by atoms with Gasteiger partial charge in [-0.25, -0.2) is 0 Å². The SMILES string of the molecule is O=C(Nc1ccc(I)cc1Cl)c1cc(O)ccc1O. The molecule has 3 N–H and O–H groups in total. The van der Waals surface area contributed by atoms with Crippen molar-refractivity contribution in [2.45, 2.75) is 0 Å². The van der Waals surface area contributed by atoms with Crippen molar-refractivity contribution in [3.63, 3.8) is 0 Å². The van der Waals surface area contributed by atoms with Gasteiger partial charge in [-0.3, -0.25) is 4.79 Å². The fraction of sp³-hybridized carbons (Fsp3) is 0. The summed E-state index contributed by atoms with van der Waals surface area (Å²) in [5.74, 6) is -0.856. The molecule has 4 nitrogen and oxygen atoms in total. The van der Waals surface area contributed by atoms with E-state index in [1.54, 1.807) is 18.2 Å². The fourth-order valence-corrected chi connectivity index (χ4v) is 2.39. The summed E-state index contributed by atoms with van der Waals surface area (Å²) >= 11 is 8.11. The third kappa shape index (κ3) is 3.30. The van der Waals surface area contributed by atoms with E-state index in [-0.39, 0.29) is 17.1 Å². The zero-order valence-corrected chi connectivity index (χ0v) is 12.4. The predicted molar refractivity (Wildman–Crippen MR) is 81.9 cm³/mol. The maximum Gasteiger partial charge on any atom is 0.259 e. The average Bonchev–Trinajstić information content (AvgIpc) is 2.35. The number of carbonyl (C=O) groups excluding carboxylic acids is 1. The van der Waals surface area contributed by atoms with Gasteiger partial charge in [0.2, 0.25) is 0 Å². The minimum Gasteiger partial charge on any atom is -0.508 e. The van der Waals surface area contributed by atoms with Crippen LogP contribution in [-0.4, -0.2) is 16.1 Å². The Balaban J connectivity index is 2.28. The Hall–Kier alpha value is -1.47. The van der Waals surface area contributed by atoms with Crippen LogP contribution in [0, 0.1) is 3.57 Å². The third-order valence-corrected chi connectivity index (χ3v) is 3.39. The lowest BCUT2D eigenvalue weighted by molar-refractivity contribution is 0.102. The van der Waals surface area contributed by atoms with Gasteiger partial charge in [0, 0.05) is 3.57 Å². The van der Waals surface area contributed by atoms with E-state index in [2.05, 4.69) is 27.9 Å². The minimum atomic E-state index is -0.545. The van der Waals surface area contributed by atoms with E-state index in [4.69, 9.17) is 11.6 Å². The first kappa shape index (κ1) is 14.0. The Morgan fingerprint density at radius 3 is 2.58 bits per heavy atom. The van der Waals surface area contributed by atoms with E-state index in [1.807, 2.05) is 0 Å². The van der Waals surface area contributed by atoms with Crippen LogP contribution in [0.25, 0.3) is 0 Å². The van der Waals surface area contributed by atoms with Crippen molar-refractivity contribution in [1.29, 1.82) is 0 Å². The van der Waals surface area contributed by atoms with Gasteiger partial charge in [0.25, 0.3) is 5.91 Å². The van der Waals surface area contributed by atoms with Crippen molar-refractivity contribution >= 4 is 45.8 Å². The fourth-order valence-electron chi connectivity index (χ4n) is 1.49. The highest BCUT2D eigenvalue weighted by atomic mass is 127. The predicted octanol–water partition coefficient (Wildman–Crippen LogP) is 3.61. The molecule has 0 heterocycles. The molecule has 0 spiro atoms. The largest absolute Gasteiger partial charge is 0.508 e. The first-order valence-electron chi connectivity index (χ1n) is 5.26. The number of halogens is 2. The maximum absolute atomic E-state index is 12.0. The summed E-state index contributed by atoms with van der Waals surface area (Å²) in [6.07, 6.45) is 0. The Morgan fingerprint density at radius 1 is 1.16 bits per heavy atom. The lowest BCUT2D eigenvalue weighted by Gasteiger charge is -2.09. The number of phenolic OH excluding ortho intramolecular Hbond substituents is 2. The number of nitrogens with one attached hydrogen (secondary N) is 1. The zero-order valence-electron chi connectivity index (χ0n) is 9.52. The van der Waals surface area contributed by atoms with Gasteiger partial charge in [-0.2, -0.15) is 0 Å². The second-order valence-electron chi connectivity index (χ2n) is 3.78. The Morgan fingerprint density at radius 2 is 1.89 bits per heavy atom. The molecule has 0 bridgehead atoms. The number of amides is 1. The second kappa shape index (κ2) is 5.66. The summed E-state index contributed by atoms with van der Waals surface area (Å²) in [5, 5.41) is 21.9. The molecule has 0 unspecified atom stereocenters. The molecule has 0 saturated heterocycles. The van der Waals surface area contributed by atoms with Crippen molar-refractivity contribution in [3.05, 3.63) is 50.6 Å². The van der Waals surface area contributed by atoms with Gasteiger partial charge in [0.05, 0.1) is 16.3 Å². The highest BCUT2D eigenvalue weighted by molar-refractivity contribution is 14.1. The summed E-state index contributed by atoms with van der Waals surface area (Å²) in [6.45, 7) is 0.